The van der Waals surface area contributed by atoms with Gasteiger partial charge in [-0.3, -0.25) is 0 Å². The van der Waals surface area contributed by atoms with Crippen LogP contribution in [-0.4, -0.2) is 31.6 Å². The van der Waals surface area contributed by atoms with Crippen LogP contribution in [0, 0.1) is 6.92 Å². The molecule has 0 saturated carbocycles. The molecule has 0 aliphatic heterocycles. The van der Waals surface area contributed by atoms with Gasteiger partial charge in [0, 0.05) is 6.42 Å². The molecular weight excluding hydrogens is 530 g/mol. The summed E-state index contributed by atoms with van der Waals surface area (Å²) >= 11 is 0. The molecule has 4 rings (SSSR count). The van der Waals surface area contributed by atoms with E-state index in [2.05, 4.69) is 5.32 Å². The highest BCUT2D eigenvalue weighted by atomic mass is 32.2. The van der Waals surface area contributed by atoms with Crippen LogP contribution in [0.3, 0.4) is 0 Å². The van der Waals surface area contributed by atoms with Crippen LogP contribution in [0.2, 0.25) is 0 Å². The van der Waals surface area contributed by atoms with Crippen molar-refractivity contribution in [2.45, 2.75) is 42.4 Å². The summed E-state index contributed by atoms with van der Waals surface area (Å²) in [7, 11) is -4.07. The van der Waals surface area contributed by atoms with E-state index in [0.29, 0.717) is 0 Å². The van der Waals surface area contributed by atoms with Crippen LogP contribution in [-0.2, 0) is 43.7 Å². The topological polar surface area (TPSA) is 119 Å². The summed E-state index contributed by atoms with van der Waals surface area (Å²) < 4.78 is 37.8. The van der Waals surface area contributed by atoms with Crippen LogP contribution in [0.25, 0.3) is 0 Å². The van der Waals surface area contributed by atoms with E-state index in [-0.39, 0.29) is 40.7 Å². The van der Waals surface area contributed by atoms with Gasteiger partial charge in [-0.15, -0.1) is 0 Å². The van der Waals surface area contributed by atoms with Crippen LogP contribution in [0.1, 0.15) is 22.3 Å². The lowest BCUT2D eigenvalue weighted by molar-refractivity contribution is -0.147. The number of alkyl carbamates (subject to hydrolysis) is 1. The maximum absolute atomic E-state index is 13.5. The van der Waals surface area contributed by atoms with E-state index < -0.39 is 27.9 Å². The third kappa shape index (κ3) is 7.48. The number of hydrogen-bond donors (Lipinski definition) is 2. The van der Waals surface area contributed by atoms with Crippen LogP contribution >= 0.6 is 0 Å². The van der Waals surface area contributed by atoms with Gasteiger partial charge >= 0.3 is 12.1 Å². The predicted molar refractivity (Wildman–Crippen MR) is 148 cm³/mol. The number of esters is 1. The molecule has 40 heavy (non-hydrogen) atoms. The first-order valence-electron chi connectivity index (χ1n) is 12.5. The number of nitrogens with one attached hydrogen (secondary N) is 1. The summed E-state index contributed by atoms with van der Waals surface area (Å²) in [6.07, 6.45) is -1.10. The van der Waals surface area contributed by atoms with Crippen molar-refractivity contribution in [3.8, 4) is 5.75 Å². The molecule has 0 saturated heterocycles. The lowest BCUT2D eigenvalue weighted by Gasteiger charge is -2.20. The number of carbonyl (C=O) groups excluding carboxylic acids is 2. The highest BCUT2D eigenvalue weighted by Crippen LogP contribution is 2.29. The number of hydrogen-bond acceptors (Lipinski definition) is 7. The first kappa shape index (κ1) is 28.4. The zero-order valence-electron chi connectivity index (χ0n) is 21.8. The van der Waals surface area contributed by atoms with Crippen LogP contribution in [0.15, 0.2) is 113 Å². The SMILES string of the molecule is Cc1ccc(S(=O)(=O)c2cc(O)ccc2C[C@H](NC(=O)OCc2ccccc2)C(=O)OCc2ccccc2)cc1. The minimum absolute atomic E-state index is 0.0231. The third-order valence-electron chi connectivity index (χ3n) is 6.11. The Balaban J connectivity index is 1.59. The maximum Gasteiger partial charge on any atom is 0.408 e. The Bertz CT molecular complexity index is 1550. The number of phenolic OH excluding ortho intramolecular Hbond substituents is 1. The number of carbonyl (C=O) groups is 2. The number of benzene rings is 4. The summed E-state index contributed by atoms with van der Waals surface area (Å²) in [5.74, 6) is -1.03. The monoisotopic (exact) mass is 559 g/mol. The predicted octanol–water partition coefficient (Wildman–Crippen LogP) is 5.11. The van der Waals surface area contributed by atoms with Crippen LogP contribution in [0.5, 0.6) is 5.75 Å². The second-order valence-corrected chi connectivity index (χ2v) is 11.1. The molecule has 0 unspecified atom stereocenters. The molecule has 0 spiro atoms. The Morgan fingerprint density at radius 1 is 0.800 bits per heavy atom. The van der Waals surface area contributed by atoms with Crippen molar-refractivity contribution < 1.29 is 32.6 Å². The number of aryl methyl sites for hydroxylation is 1. The summed E-state index contributed by atoms with van der Waals surface area (Å²) in [6, 6.07) is 26.9. The molecule has 4 aromatic carbocycles. The molecule has 206 valence electrons. The fourth-order valence-electron chi connectivity index (χ4n) is 3.96. The number of ether oxygens (including phenoxy) is 2. The fourth-order valence-corrected chi connectivity index (χ4v) is 5.48. The Hall–Kier alpha value is -4.63. The van der Waals surface area contributed by atoms with Crippen molar-refractivity contribution in [3.05, 3.63) is 125 Å². The molecule has 4 aromatic rings. The van der Waals surface area contributed by atoms with Crippen LogP contribution in [0.4, 0.5) is 4.79 Å². The van der Waals surface area contributed by atoms with Gasteiger partial charge in [-0.1, -0.05) is 84.4 Å². The molecular formula is C31H29NO7S. The highest BCUT2D eigenvalue weighted by Gasteiger charge is 2.28. The van der Waals surface area contributed by atoms with Gasteiger partial charge in [0.2, 0.25) is 9.84 Å². The lowest BCUT2D eigenvalue weighted by atomic mass is 10.1. The van der Waals surface area contributed by atoms with Crippen molar-refractivity contribution in [3.63, 3.8) is 0 Å². The Morgan fingerprint density at radius 3 is 1.98 bits per heavy atom. The van der Waals surface area contributed by atoms with Crippen molar-refractivity contribution in [2.24, 2.45) is 0 Å². The minimum atomic E-state index is -4.07. The molecule has 0 aromatic heterocycles. The first-order chi connectivity index (χ1) is 19.2. The van der Waals surface area contributed by atoms with Gasteiger partial charge in [0.05, 0.1) is 9.79 Å². The normalized spacial score (nSPS) is 11.8. The summed E-state index contributed by atoms with van der Waals surface area (Å²) in [5, 5.41) is 12.6. The standard InChI is InChI=1S/C31H29NO7S/c1-22-12-16-27(17-13-22)40(36,37)29-19-26(33)15-14-25(29)18-28(30(34)38-20-23-8-4-2-5-9-23)32-31(35)39-21-24-10-6-3-7-11-24/h2-17,19,28,33H,18,20-21H2,1H3,(H,32,35)/t28-/m0/s1. The van der Waals surface area contributed by atoms with Gasteiger partial charge in [-0.2, -0.15) is 0 Å². The van der Waals surface area contributed by atoms with Crippen molar-refractivity contribution in [1.82, 2.24) is 5.32 Å². The van der Waals surface area contributed by atoms with E-state index in [1.807, 2.05) is 19.1 Å². The quantitative estimate of drug-likeness (QED) is 0.259. The van der Waals surface area contributed by atoms with Gasteiger partial charge in [0.25, 0.3) is 0 Å². The van der Waals surface area contributed by atoms with E-state index >= 15 is 0 Å². The molecule has 2 N–H and O–H groups in total. The first-order valence-corrected chi connectivity index (χ1v) is 14.0. The largest absolute Gasteiger partial charge is 0.508 e. The molecule has 0 fully saturated rings. The summed E-state index contributed by atoms with van der Waals surface area (Å²) in [5.41, 5.74) is 2.59. The Labute approximate surface area is 233 Å². The van der Waals surface area contributed by atoms with Gasteiger partial charge < -0.3 is 19.9 Å². The minimum Gasteiger partial charge on any atom is -0.508 e. The van der Waals surface area contributed by atoms with E-state index in [0.717, 1.165) is 22.8 Å². The van der Waals surface area contributed by atoms with E-state index in [4.69, 9.17) is 9.47 Å². The average molecular weight is 560 g/mol. The zero-order chi connectivity index (χ0) is 28.5. The smallest absolute Gasteiger partial charge is 0.408 e. The Kier molecular flexibility index (Phi) is 9.19. The molecule has 0 heterocycles. The van der Waals surface area contributed by atoms with Gasteiger partial charge in [0.1, 0.15) is 25.0 Å². The maximum atomic E-state index is 13.5. The zero-order valence-corrected chi connectivity index (χ0v) is 22.6. The molecule has 9 heteroatoms. The fraction of sp³-hybridized carbons (Fsp3) is 0.161. The highest BCUT2D eigenvalue weighted by molar-refractivity contribution is 7.91. The summed E-state index contributed by atoms with van der Waals surface area (Å²) in [6.45, 7) is 1.77. The second-order valence-electron chi connectivity index (χ2n) is 9.16. The molecule has 1 amide bonds. The van der Waals surface area contributed by atoms with Crippen molar-refractivity contribution in [2.75, 3.05) is 0 Å². The molecule has 8 nitrogen and oxygen atoms in total. The van der Waals surface area contributed by atoms with E-state index in [1.165, 1.54) is 24.3 Å². The molecule has 0 aliphatic carbocycles. The number of rotatable bonds is 10. The Morgan fingerprint density at radius 2 is 1.38 bits per heavy atom. The third-order valence-corrected chi connectivity index (χ3v) is 7.96. The average Bonchev–Trinajstić information content (AvgIpc) is 2.96. The molecule has 0 aliphatic rings. The lowest BCUT2D eigenvalue weighted by Crippen LogP contribution is -2.43. The van der Waals surface area contributed by atoms with Gasteiger partial charge in [-0.25, -0.2) is 18.0 Å². The molecule has 0 radical (unpaired) electrons. The van der Waals surface area contributed by atoms with Crippen molar-refractivity contribution in [1.29, 1.82) is 0 Å². The second kappa shape index (κ2) is 12.9. The number of phenols is 1. The van der Waals surface area contributed by atoms with E-state index in [9.17, 15) is 23.1 Å². The van der Waals surface area contributed by atoms with Crippen LogP contribution < -0.4 is 5.32 Å². The van der Waals surface area contributed by atoms with Gasteiger partial charge in [-0.05, 0) is 47.9 Å². The van der Waals surface area contributed by atoms with Gasteiger partial charge in [0.15, 0.2) is 0 Å². The molecule has 1 atom stereocenters. The number of amides is 1. The summed E-state index contributed by atoms with van der Waals surface area (Å²) in [4.78, 5) is 25.7. The number of aromatic hydroxyl groups is 1. The molecule has 0 bridgehead atoms. The van der Waals surface area contributed by atoms with Crippen molar-refractivity contribution >= 4 is 21.9 Å². The van der Waals surface area contributed by atoms with E-state index in [1.54, 1.807) is 60.7 Å². The number of sulfone groups is 1.